The summed E-state index contributed by atoms with van der Waals surface area (Å²) in [6.45, 7) is 3.82. The molecule has 0 spiro atoms. The van der Waals surface area contributed by atoms with Crippen molar-refractivity contribution in [1.82, 2.24) is 0 Å². The van der Waals surface area contributed by atoms with E-state index >= 15 is 0 Å². The van der Waals surface area contributed by atoms with Crippen molar-refractivity contribution in [2.24, 2.45) is 0 Å². The lowest BCUT2D eigenvalue weighted by Crippen LogP contribution is -2.30. The third kappa shape index (κ3) is 2.12. The summed E-state index contributed by atoms with van der Waals surface area (Å²) in [5.41, 5.74) is 4.59. The van der Waals surface area contributed by atoms with E-state index < -0.39 is 0 Å². The van der Waals surface area contributed by atoms with Gasteiger partial charge in [0.15, 0.2) is 5.69 Å². The van der Waals surface area contributed by atoms with Gasteiger partial charge < -0.3 is 5.21 Å². The molecule has 0 aliphatic heterocycles. The van der Waals surface area contributed by atoms with Crippen LogP contribution in [0, 0.1) is 19.1 Å². The van der Waals surface area contributed by atoms with Gasteiger partial charge >= 0.3 is 0 Å². The normalized spacial score (nSPS) is 10.9. The number of aromatic nitrogens is 1. The Morgan fingerprint density at radius 3 is 2.35 bits per heavy atom. The van der Waals surface area contributed by atoms with Crippen molar-refractivity contribution in [3.63, 3.8) is 0 Å². The Morgan fingerprint density at radius 1 is 0.950 bits per heavy atom. The van der Waals surface area contributed by atoms with E-state index in [1.54, 1.807) is 0 Å². The summed E-state index contributed by atoms with van der Waals surface area (Å²) in [5.74, 6) is 0. The largest absolute Gasteiger partial charge is 0.618 e. The second-order valence-electron chi connectivity index (χ2n) is 5.02. The smallest absolute Gasteiger partial charge is 0.224 e. The molecule has 0 aliphatic rings. The summed E-state index contributed by atoms with van der Waals surface area (Å²) in [6.07, 6.45) is 0. The fraction of sp³-hybridized carbons (Fsp3) is 0.118. The fourth-order valence-electron chi connectivity index (χ4n) is 2.45. The van der Waals surface area contributed by atoms with E-state index in [2.05, 4.69) is 6.07 Å². The first kappa shape index (κ1) is 12.9. The van der Waals surface area contributed by atoms with Crippen molar-refractivity contribution in [3.05, 3.63) is 70.0 Å². The maximum atomic E-state index is 12.2. The molecule has 100 valence electrons. The molecular weight excluding hydrogens is 270 g/mol. The van der Waals surface area contributed by atoms with Gasteiger partial charge in [-0.15, -0.1) is 0 Å². The second kappa shape index (κ2) is 4.80. The van der Waals surface area contributed by atoms with Gasteiger partial charge in [0.1, 0.15) is 0 Å². The van der Waals surface area contributed by atoms with Crippen LogP contribution in [0.2, 0.25) is 5.02 Å². The lowest BCUT2D eigenvalue weighted by atomic mass is 9.98. The molecule has 0 saturated heterocycles. The van der Waals surface area contributed by atoms with Crippen LogP contribution in [0.1, 0.15) is 11.3 Å². The number of hydrogen-bond donors (Lipinski definition) is 0. The summed E-state index contributed by atoms with van der Waals surface area (Å²) in [4.78, 5) is 0. The quantitative estimate of drug-likeness (QED) is 0.480. The molecule has 0 N–H and O–H groups in total. The summed E-state index contributed by atoms with van der Waals surface area (Å²) in [7, 11) is 0. The Balaban J connectivity index is 2.35. The Hall–Kier alpha value is -2.06. The number of fused-ring (bicyclic) bond motifs is 1. The molecule has 0 fully saturated rings. The van der Waals surface area contributed by atoms with Gasteiger partial charge in [-0.25, -0.2) is 0 Å². The summed E-state index contributed by atoms with van der Waals surface area (Å²) < 4.78 is 0.988. The summed E-state index contributed by atoms with van der Waals surface area (Å²) in [5, 5.41) is 13.9. The van der Waals surface area contributed by atoms with Crippen LogP contribution in [0.3, 0.4) is 0 Å². The minimum Gasteiger partial charge on any atom is -0.618 e. The van der Waals surface area contributed by atoms with Gasteiger partial charge in [0.05, 0.1) is 5.39 Å². The molecule has 3 aromatic rings. The molecule has 0 aliphatic carbocycles. The van der Waals surface area contributed by atoms with Crippen LogP contribution >= 0.6 is 11.6 Å². The zero-order chi connectivity index (χ0) is 14.3. The van der Waals surface area contributed by atoms with Crippen molar-refractivity contribution in [2.45, 2.75) is 13.8 Å². The second-order valence-corrected chi connectivity index (χ2v) is 5.46. The Bertz CT molecular complexity index is 794. The zero-order valence-corrected chi connectivity index (χ0v) is 12.1. The maximum Gasteiger partial charge on any atom is 0.224 e. The number of aryl methyl sites for hydroxylation is 2. The lowest BCUT2D eigenvalue weighted by Gasteiger charge is -2.10. The molecule has 2 aromatic carbocycles. The van der Waals surface area contributed by atoms with Crippen LogP contribution in [-0.4, -0.2) is 0 Å². The minimum atomic E-state index is 0.699. The molecule has 0 unspecified atom stereocenters. The number of rotatable bonds is 1. The highest BCUT2D eigenvalue weighted by atomic mass is 35.5. The van der Waals surface area contributed by atoms with E-state index in [4.69, 9.17) is 11.6 Å². The number of nitrogens with zero attached hydrogens (tertiary/aromatic N) is 1. The topological polar surface area (TPSA) is 26.9 Å². The van der Waals surface area contributed by atoms with Gasteiger partial charge in [-0.3, -0.25) is 0 Å². The summed E-state index contributed by atoms with van der Waals surface area (Å²) >= 11 is 5.94. The molecule has 20 heavy (non-hydrogen) atoms. The molecule has 1 heterocycles. The van der Waals surface area contributed by atoms with E-state index in [1.165, 1.54) is 0 Å². The Kier molecular flexibility index (Phi) is 3.11. The number of benzene rings is 2. The van der Waals surface area contributed by atoms with Gasteiger partial charge in [-0.1, -0.05) is 29.8 Å². The van der Waals surface area contributed by atoms with Crippen LogP contribution in [0.15, 0.2) is 48.5 Å². The van der Waals surface area contributed by atoms with Gasteiger partial charge in [0.2, 0.25) is 5.52 Å². The number of hydrogen-bond acceptors (Lipinski definition) is 1. The zero-order valence-electron chi connectivity index (χ0n) is 11.4. The third-order valence-electron chi connectivity index (χ3n) is 3.49. The molecule has 1 aromatic heterocycles. The molecule has 3 rings (SSSR count). The van der Waals surface area contributed by atoms with Crippen LogP contribution in [-0.2, 0) is 0 Å². The van der Waals surface area contributed by atoms with Crippen LogP contribution < -0.4 is 4.73 Å². The van der Waals surface area contributed by atoms with Crippen molar-refractivity contribution >= 4 is 22.5 Å². The van der Waals surface area contributed by atoms with E-state index in [0.29, 0.717) is 16.2 Å². The molecule has 0 atom stereocenters. The van der Waals surface area contributed by atoms with E-state index in [1.807, 2.05) is 56.3 Å². The van der Waals surface area contributed by atoms with Gasteiger partial charge in [-0.2, -0.15) is 4.73 Å². The molecule has 2 nitrogen and oxygen atoms in total. The van der Waals surface area contributed by atoms with Crippen molar-refractivity contribution in [3.8, 4) is 11.1 Å². The third-order valence-corrected chi connectivity index (χ3v) is 3.74. The highest BCUT2D eigenvalue weighted by Gasteiger charge is 2.12. The molecule has 3 heteroatoms. The molecule has 0 radical (unpaired) electrons. The van der Waals surface area contributed by atoms with Crippen LogP contribution in [0.25, 0.3) is 22.0 Å². The first-order valence-electron chi connectivity index (χ1n) is 6.46. The van der Waals surface area contributed by atoms with E-state index in [0.717, 1.165) is 26.8 Å². The maximum absolute atomic E-state index is 12.2. The standard InChI is InChI=1S/C17H14ClNO/c1-11-9-16(13-4-6-14(18)7-5-13)15-8-3-12(2)19(20)17(15)10-11/h3-10H,1-2H3. The van der Waals surface area contributed by atoms with E-state index in [-0.39, 0.29) is 0 Å². The predicted octanol–water partition coefficient (Wildman–Crippen LogP) is 4.41. The van der Waals surface area contributed by atoms with Crippen LogP contribution in [0.5, 0.6) is 0 Å². The molecule has 0 saturated carbocycles. The number of pyridine rings is 1. The molecule has 0 bridgehead atoms. The average Bonchev–Trinajstić information content (AvgIpc) is 2.43. The highest BCUT2D eigenvalue weighted by molar-refractivity contribution is 6.30. The van der Waals surface area contributed by atoms with Crippen LogP contribution in [0.4, 0.5) is 0 Å². The first-order chi connectivity index (χ1) is 9.56. The lowest BCUT2D eigenvalue weighted by molar-refractivity contribution is -0.584. The van der Waals surface area contributed by atoms with Crippen molar-refractivity contribution < 1.29 is 4.73 Å². The molecular formula is C17H14ClNO. The summed E-state index contributed by atoms with van der Waals surface area (Å²) in [6, 6.07) is 15.6. The van der Waals surface area contributed by atoms with Crippen molar-refractivity contribution in [1.29, 1.82) is 0 Å². The van der Waals surface area contributed by atoms with Gasteiger partial charge in [-0.05, 0) is 41.8 Å². The number of halogens is 1. The van der Waals surface area contributed by atoms with Gasteiger partial charge in [0.25, 0.3) is 0 Å². The Morgan fingerprint density at radius 2 is 1.65 bits per heavy atom. The Labute approximate surface area is 122 Å². The van der Waals surface area contributed by atoms with E-state index in [9.17, 15) is 5.21 Å². The molecule has 0 amide bonds. The fourth-order valence-corrected chi connectivity index (χ4v) is 2.58. The minimum absolute atomic E-state index is 0.699. The first-order valence-corrected chi connectivity index (χ1v) is 6.83. The predicted molar refractivity (Wildman–Crippen MR) is 82.8 cm³/mol. The monoisotopic (exact) mass is 283 g/mol. The van der Waals surface area contributed by atoms with Gasteiger partial charge in [0, 0.05) is 24.1 Å². The van der Waals surface area contributed by atoms with Crippen molar-refractivity contribution in [2.75, 3.05) is 0 Å². The highest BCUT2D eigenvalue weighted by Crippen LogP contribution is 2.29. The average molecular weight is 284 g/mol. The SMILES string of the molecule is Cc1cc(-c2ccc(Cl)cc2)c2ccc(C)[n+]([O-])c2c1.